The summed E-state index contributed by atoms with van der Waals surface area (Å²) in [5.41, 5.74) is 0.186. The van der Waals surface area contributed by atoms with E-state index in [2.05, 4.69) is 25.9 Å². The number of fused-ring (bicyclic) bond motifs is 1. The van der Waals surface area contributed by atoms with E-state index in [1.807, 2.05) is 4.57 Å². The first-order valence-corrected chi connectivity index (χ1v) is 12.5. The van der Waals surface area contributed by atoms with Gasteiger partial charge in [-0.15, -0.1) is 0 Å². The molecule has 1 N–H and O–H groups in total. The van der Waals surface area contributed by atoms with E-state index in [1.54, 1.807) is 13.4 Å². The quantitative estimate of drug-likeness (QED) is 0.269. The van der Waals surface area contributed by atoms with Crippen LogP contribution in [0.15, 0.2) is 15.9 Å². The Balaban J connectivity index is 1.49. The fraction of sp³-hybridized carbons (Fsp3) is 0.773. The Morgan fingerprint density at radius 2 is 1.31 bits per heavy atom. The monoisotopic (exact) mass is 468 g/mol. The molecule has 0 aliphatic carbocycles. The number of nitrogens with zero attached hydrogens (tertiary/aromatic N) is 3. The molecular weight excluding hydrogens is 432 g/mol. The molecule has 2 aromatic heterocycles. The predicted molar refractivity (Wildman–Crippen MR) is 124 cm³/mol. The SMILES string of the molecule is Cn1c(=O)[nH]c(=O)c2c1ncn2CCCCCCCCCCCCCCCCBr. The fourth-order valence-electron chi connectivity index (χ4n) is 3.85. The van der Waals surface area contributed by atoms with Crippen molar-refractivity contribution >= 4 is 27.1 Å². The Labute approximate surface area is 182 Å². The fourth-order valence-corrected chi connectivity index (χ4v) is 4.25. The number of rotatable bonds is 16. The smallest absolute Gasteiger partial charge is 0.325 e. The Kier molecular flexibility index (Phi) is 11.4. The molecule has 2 heterocycles. The molecule has 0 atom stereocenters. The number of H-pyrrole nitrogens is 1. The van der Waals surface area contributed by atoms with Crippen LogP contribution in [-0.4, -0.2) is 24.4 Å². The number of imidazole rings is 1. The summed E-state index contributed by atoms with van der Waals surface area (Å²) in [5.74, 6) is 0. The van der Waals surface area contributed by atoms with Gasteiger partial charge in [0, 0.05) is 18.9 Å². The van der Waals surface area contributed by atoms with Crippen molar-refractivity contribution in [2.45, 2.75) is 96.4 Å². The van der Waals surface area contributed by atoms with Gasteiger partial charge in [-0.1, -0.05) is 93.0 Å². The Hall–Kier alpha value is -1.37. The minimum atomic E-state index is -0.418. The van der Waals surface area contributed by atoms with Crippen LogP contribution in [0.25, 0.3) is 11.2 Å². The van der Waals surface area contributed by atoms with Gasteiger partial charge in [-0.2, -0.15) is 0 Å². The lowest BCUT2D eigenvalue weighted by molar-refractivity contribution is 0.526. The molecule has 0 saturated heterocycles. The normalized spacial score (nSPS) is 11.5. The first-order chi connectivity index (χ1) is 14.1. The number of halogens is 1. The summed E-state index contributed by atoms with van der Waals surface area (Å²) in [6.07, 6.45) is 20.2. The average Bonchev–Trinajstić information content (AvgIpc) is 3.14. The Morgan fingerprint density at radius 3 is 1.83 bits per heavy atom. The number of nitrogens with one attached hydrogen (secondary N) is 1. The highest BCUT2D eigenvalue weighted by molar-refractivity contribution is 9.09. The number of hydrogen-bond donors (Lipinski definition) is 1. The summed E-state index contributed by atoms with van der Waals surface area (Å²) >= 11 is 3.49. The molecule has 0 unspecified atom stereocenters. The maximum Gasteiger partial charge on any atom is 0.329 e. The summed E-state index contributed by atoms with van der Waals surface area (Å²) in [6, 6.07) is 0. The van der Waals surface area contributed by atoms with E-state index >= 15 is 0 Å². The van der Waals surface area contributed by atoms with Gasteiger partial charge in [0.2, 0.25) is 0 Å². The number of alkyl halides is 1. The second kappa shape index (κ2) is 13.8. The van der Waals surface area contributed by atoms with E-state index in [1.165, 1.54) is 81.6 Å². The first-order valence-electron chi connectivity index (χ1n) is 11.3. The zero-order valence-corrected chi connectivity index (χ0v) is 19.5. The van der Waals surface area contributed by atoms with Gasteiger partial charge in [-0.05, 0) is 12.8 Å². The molecule has 0 aromatic carbocycles. The van der Waals surface area contributed by atoms with Crippen LogP contribution in [0.3, 0.4) is 0 Å². The highest BCUT2D eigenvalue weighted by atomic mass is 79.9. The van der Waals surface area contributed by atoms with Crippen molar-refractivity contribution in [1.82, 2.24) is 19.1 Å². The zero-order valence-electron chi connectivity index (χ0n) is 17.9. The lowest BCUT2D eigenvalue weighted by atomic mass is 10.0. The topological polar surface area (TPSA) is 72.7 Å². The number of aromatic nitrogens is 4. The van der Waals surface area contributed by atoms with E-state index in [9.17, 15) is 9.59 Å². The van der Waals surface area contributed by atoms with Crippen LogP contribution in [-0.2, 0) is 13.6 Å². The molecule has 0 spiro atoms. The van der Waals surface area contributed by atoms with Crippen LogP contribution in [0.1, 0.15) is 89.9 Å². The van der Waals surface area contributed by atoms with Crippen LogP contribution in [0.2, 0.25) is 0 Å². The molecule has 0 amide bonds. The van der Waals surface area contributed by atoms with Gasteiger partial charge >= 0.3 is 5.69 Å². The van der Waals surface area contributed by atoms with Gasteiger partial charge in [0.25, 0.3) is 5.56 Å². The average molecular weight is 469 g/mol. The maximum atomic E-state index is 12.1. The van der Waals surface area contributed by atoms with Crippen LogP contribution in [0, 0.1) is 0 Å². The van der Waals surface area contributed by atoms with Crippen LogP contribution < -0.4 is 11.2 Å². The van der Waals surface area contributed by atoms with E-state index in [0.29, 0.717) is 11.2 Å². The molecule has 164 valence electrons. The van der Waals surface area contributed by atoms with E-state index in [0.717, 1.165) is 24.7 Å². The van der Waals surface area contributed by atoms with Gasteiger partial charge in [0.15, 0.2) is 11.2 Å². The highest BCUT2D eigenvalue weighted by Crippen LogP contribution is 2.14. The lowest BCUT2D eigenvalue weighted by Crippen LogP contribution is -2.29. The van der Waals surface area contributed by atoms with E-state index in [-0.39, 0.29) is 5.56 Å². The predicted octanol–water partition coefficient (Wildman–Crippen LogP) is 5.28. The highest BCUT2D eigenvalue weighted by Gasteiger charge is 2.10. The molecule has 0 radical (unpaired) electrons. The van der Waals surface area contributed by atoms with E-state index in [4.69, 9.17) is 0 Å². The van der Waals surface area contributed by atoms with Crippen molar-refractivity contribution in [3.8, 4) is 0 Å². The summed E-state index contributed by atoms with van der Waals surface area (Å²) in [6.45, 7) is 0.771. The summed E-state index contributed by atoms with van der Waals surface area (Å²) in [7, 11) is 1.63. The lowest BCUT2D eigenvalue weighted by Gasteiger charge is -2.05. The van der Waals surface area contributed by atoms with Crippen molar-refractivity contribution in [3.05, 3.63) is 27.2 Å². The van der Waals surface area contributed by atoms with Crippen LogP contribution in [0.5, 0.6) is 0 Å². The third kappa shape index (κ3) is 8.11. The molecule has 0 aliphatic heterocycles. The maximum absolute atomic E-state index is 12.1. The van der Waals surface area contributed by atoms with Crippen molar-refractivity contribution in [3.63, 3.8) is 0 Å². The van der Waals surface area contributed by atoms with Crippen molar-refractivity contribution in [2.24, 2.45) is 7.05 Å². The molecule has 29 heavy (non-hydrogen) atoms. The molecule has 0 saturated carbocycles. The minimum Gasteiger partial charge on any atom is -0.325 e. The van der Waals surface area contributed by atoms with Gasteiger partial charge in [-0.25, -0.2) is 9.78 Å². The molecule has 0 aliphatic rings. The first kappa shape index (κ1) is 23.9. The van der Waals surface area contributed by atoms with Crippen LogP contribution in [0.4, 0.5) is 0 Å². The van der Waals surface area contributed by atoms with Crippen molar-refractivity contribution < 1.29 is 0 Å². The summed E-state index contributed by atoms with van der Waals surface area (Å²) in [4.78, 5) is 30.3. The third-order valence-corrected chi connectivity index (χ3v) is 6.22. The van der Waals surface area contributed by atoms with Crippen LogP contribution >= 0.6 is 15.9 Å². The molecule has 7 heteroatoms. The molecule has 2 aromatic rings. The summed E-state index contributed by atoms with van der Waals surface area (Å²) in [5, 5.41) is 1.15. The Bertz CT molecular complexity index is 824. The van der Waals surface area contributed by atoms with Gasteiger partial charge in [-0.3, -0.25) is 14.3 Å². The Morgan fingerprint density at radius 1 is 0.828 bits per heavy atom. The standard InChI is InChI=1S/C22H37BrN4O2/c1-26-20-19(21(28)25-22(26)29)27(18-24-20)17-15-13-11-9-7-5-3-2-4-6-8-10-12-14-16-23/h18H,2-17H2,1H3,(H,25,28,29). The minimum absolute atomic E-state index is 0.348. The number of hydrogen-bond acceptors (Lipinski definition) is 3. The van der Waals surface area contributed by atoms with Gasteiger partial charge in [0.1, 0.15) is 0 Å². The molecule has 2 rings (SSSR count). The van der Waals surface area contributed by atoms with Crippen molar-refractivity contribution in [1.29, 1.82) is 0 Å². The number of aromatic amines is 1. The second-order valence-electron chi connectivity index (χ2n) is 8.07. The number of unbranched alkanes of at least 4 members (excludes halogenated alkanes) is 13. The van der Waals surface area contributed by atoms with Gasteiger partial charge < -0.3 is 4.57 Å². The largest absolute Gasteiger partial charge is 0.329 e. The summed E-state index contributed by atoms with van der Waals surface area (Å²) < 4.78 is 3.26. The molecular formula is C22H37BrN4O2. The second-order valence-corrected chi connectivity index (χ2v) is 8.86. The van der Waals surface area contributed by atoms with Gasteiger partial charge in [0.05, 0.1) is 6.33 Å². The molecule has 0 fully saturated rings. The third-order valence-electron chi connectivity index (χ3n) is 5.66. The van der Waals surface area contributed by atoms with E-state index < -0.39 is 5.69 Å². The number of aryl methyl sites for hydroxylation is 2. The molecule has 0 bridgehead atoms. The van der Waals surface area contributed by atoms with Crippen molar-refractivity contribution in [2.75, 3.05) is 5.33 Å². The zero-order chi connectivity index (χ0) is 20.9. The molecule has 6 nitrogen and oxygen atoms in total.